The first kappa shape index (κ1) is 96.8. The van der Waals surface area contributed by atoms with Crippen LogP contribution in [0.2, 0.25) is 20.1 Å². The van der Waals surface area contributed by atoms with Crippen molar-refractivity contribution in [1.29, 1.82) is 0 Å². The predicted octanol–water partition coefficient (Wildman–Crippen LogP) is 19.0. The lowest BCUT2D eigenvalue weighted by Gasteiger charge is -2.17. The first-order chi connectivity index (χ1) is 69.2. The Morgan fingerprint density at radius 1 is 0.437 bits per heavy atom. The number of benzene rings is 7. The third-order valence-electron chi connectivity index (χ3n) is 22.8. The molecule has 37 nitrogen and oxygen atoms in total. The van der Waals surface area contributed by atoms with Gasteiger partial charge in [0.1, 0.15) is 113 Å². The number of anilines is 4. The molecule has 0 spiro atoms. The molecule has 0 aliphatic heterocycles. The number of H-pyrrole nitrogens is 1. The number of halogens is 4. The highest BCUT2D eigenvalue weighted by molar-refractivity contribution is 6.38. The van der Waals surface area contributed by atoms with E-state index in [1.807, 2.05) is 199 Å². The topological polar surface area (TPSA) is 475 Å². The summed E-state index contributed by atoms with van der Waals surface area (Å²) in [6, 6.07) is 56.3. The number of rotatable bonds is 27. The number of hydrogen-bond acceptors (Lipinski definition) is 33. The molecule has 9 N–H and O–H groups in total. The van der Waals surface area contributed by atoms with Crippen molar-refractivity contribution in [3.05, 3.63) is 315 Å². The Morgan fingerprint density at radius 2 is 0.775 bits per heavy atom. The Balaban J connectivity index is 0.000000129. The number of nitrogens with one attached hydrogen (secondary N) is 5. The van der Waals surface area contributed by atoms with Gasteiger partial charge in [0.05, 0.1) is 145 Å². The number of imidazole rings is 4. The third kappa shape index (κ3) is 21.5. The largest absolute Gasteiger partial charge is 0.497 e. The number of methoxy groups -OCH3 is 3. The van der Waals surface area contributed by atoms with Gasteiger partial charge in [0.2, 0.25) is 0 Å². The zero-order chi connectivity index (χ0) is 99.0. The zero-order valence-electron chi connectivity index (χ0n) is 76.8. The summed E-state index contributed by atoms with van der Waals surface area (Å²) in [5, 5.41) is 69.1. The van der Waals surface area contributed by atoms with Gasteiger partial charge in [0.15, 0.2) is 63.7 Å². The summed E-state index contributed by atoms with van der Waals surface area (Å²) < 4.78 is 32.0. The molecule has 0 amide bonds. The summed E-state index contributed by atoms with van der Waals surface area (Å²) in [7, 11) is 4.94. The van der Waals surface area contributed by atoms with E-state index in [2.05, 4.69) is 118 Å². The van der Waals surface area contributed by atoms with E-state index >= 15 is 0 Å². The number of ether oxygens (including phenoxy) is 3. The number of fused-ring (bicyclic) bond motifs is 8. The number of aliphatic hydroxyl groups is 3. The summed E-state index contributed by atoms with van der Waals surface area (Å²) in [5.41, 5.74) is 14.6. The molecule has 4 atom stereocenters. The van der Waals surface area contributed by atoms with Crippen LogP contribution in [-0.4, -0.2) is 170 Å². The Hall–Kier alpha value is -16.9. The summed E-state index contributed by atoms with van der Waals surface area (Å²) in [6.45, 7) is 9.08. The van der Waals surface area contributed by atoms with Gasteiger partial charge in [0.25, 0.3) is 0 Å². The SMILES string of the molecule is C#CCO.COc1ccc(Cn2cnc3c(N[C@@H](C)c4cc5cccc(Cl)c5c(-c5cc(CO)on5)n4)ncnc32)cc1.COc1ccc(Cn2cnc3c(N[C@@H](C)c4cc5cccc(Cl)c5c(/C=N\O)n4)ncnc32)cc1.COc1ccc(Cn2cnc3c(N[C@@H](C)c4cc5cccc(Cl)c5c(C=O)n4)ncnc32)cc1.C[C@H](Nc1ncnc2nc[nH]c12)c1cc2cccc(Cl)c2c(-c2cc(CO)on2)n1. The van der Waals surface area contributed by atoms with Crippen molar-refractivity contribution in [2.75, 3.05) is 49.2 Å². The molecule has 41 heteroatoms. The van der Waals surface area contributed by atoms with E-state index in [1.54, 1.807) is 77.0 Å². The highest BCUT2D eigenvalue weighted by Crippen LogP contribution is 2.40. The van der Waals surface area contributed by atoms with Gasteiger partial charge in [-0.05, 0) is 151 Å². The van der Waals surface area contributed by atoms with Crippen LogP contribution in [0.5, 0.6) is 17.2 Å². The third-order valence-corrected chi connectivity index (χ3v) is 24.1. The van der Waals surface area contributed by atoms with E-state index in [9.17, 15) is 15.0 Å². The average molecular weight is 1980 g/mol. The highest BCUT2D eigenvalue weighted by Gasteiger charge is 2.26. The molecular weight excluding hydrogens is 1890 g/mol. The standard InChI is InChI=1S/C28H24ClN7O3.C25H22ClN7O2.C25H21ClN6O2.C20H16ClN7O2.C3H4O/c1-16(22-10-18-4-3-5-21(29)24(18)25(34-22)23-11-20(13-37)39-35-23)33-27-26-28(31-14-30-27)36(15-32-26)12-17-6-8-19(38-2)9-7-17;1-15(20-10-17-4-3-5-19(26)22(17)21(32-20)11-30-34)31-24-23-25(28-13-27-24)33(14-29-23)12-16-6-8-18(35-2)9-7-16;1-15(20-10-17-4-3-5-19(26)22(17)21(12-33)31-20)30-24-23-25(28-13-27-24)32(14-29-23)11-16-6-8-18(34-2)9-7-16;1-10(26-20-18-19(23-8-22-18)24-9-25-20)14-5-11-3-2-4-13(21)16(11)17(27-14)15-6-12(7-29)30-28-15;1-2-3-4/h3-11,14-16,37H,12-13H2,1-2H3,(H,30,31,33);3-11,13-15,34H,12H2,1-2H3,(H,27,28,31);3-10,12-15H,11H2,1-2H3,(H,27,28,30);2-6,8-10,29H,7H2,1H3,(H2,22,23,24,25,26);1,4H,3H2/b;30-11-;;;/t16-;2*15-;10-;/m0000./s1. The van der Waals surface area contributed by atoms with Gasteiger partial charge in [-0.2, -0.15) is 0 Å². The number of nitrogens with zero attached hydrogens (tertiary/aromatic N) is 22. The van der Waals surface area contributed by atoms with E-state index in [0.717, 1.165) is 106 Å². The second kappa shape index (κ2) is 44.3. The normalized spacial score (nSPS) is 12.1. The van der Waals surface area contributed by atoms with Crippen LogP contribution in [-0.2, 0) is 32.8 Å². The van der Waals surface area contributed by atoms with Crippen LogP contribution in [0.1, 0.15) is 119 Å². The summed E-state index contributed by atoms with van der Waals surface area (Å²) >= 11 is 25.7. The molecule has 142 heavy (non-hydrogen) atoms. The molecule has 714 valence electrons. The van der Waals surface area contributed by atoms with E-state index in [1.165, 1.54) is 31.5 Å². The monoisotopic (exact) mass is 1980 g/mol. The van der Waals surface area contributed by atoms with E-state index in [4.69, 9.17) is 89.9 Å². The Morgan fingerprint density at radius 3 is 1.13 bits per heavy atom. The van der Waals surface area contributed by atoms with Crippen molar-refractivity contribution in [1.82, 2.24) is 109 Å². The Kier molecular flexibility index (Phi) is 30.2. The molecular formula is C101H87Cl4N27O10. The van der Waals surface area contributed by atoms with Crippen molar-refractivity contribution in [2.24, 2.45) is 5.16 Å². The fourth-order valence-electron chi connectivity index (χ4n) is 15.8. The second-order valence-corrected chi connectivity index (χ2v) is 33.7. The van der Waals surface area contributed by atoms with E-state index in [0.29, 0.717) is 153 Å². The first-order valence-corrected chi connectivity index (χ1v) is 45.5. The minimum absolute atomic E-state index is 0.153. The number of pyridine rings is 4. The lowest BCUT2D eigenvalue weighted by atomic mass is 10.0. The number of carbonyl (C=O) groups excluding carboxylic acids is 1. The van der Waals surface area contributed by atoms with Crippen LogP contribution < -0.4 is 35.5 Å². The number of terminal acetylenes is 1. The van der Waals surface area contributed by atoms with Crippen LogP contribution in [0.3, 0.4) is 0 Å². The predicted molar refractivity (Wildman–Crippen MR) is 543 cm³/mol. The quantitative estimate of drug-likeness (QED) is 0.00759. The van der Waals surface area contributed by atoms with Gasteiger partial charge in [0, 0.05) is 33.7 Å². The van der Waals surface area contributed by atoms with Gasteiger partial charge in [-0.15, -0.1) is 6.42 Å². The summed E-state index contributed by atoms with van der Waals surface area (Å²) in [5.74, 6) is 7.52. The fraction of sp³-hybridized carbons (Fsp3) is 0.168. The number of aliphatic hydroxyl groups excluding tert-OH is 3. The maximum atomic E-state index is 11.7. The molecule has 0 aliphatic carbocycles. The number of hydrogen-bond donors (Lipinski definition) is 9. The lowest BCUT2D eigenvalue weighted by Crippen LogP contribution is -2.12. The maximum Gasteiger partial charge on any atom is 0.182 e. The number of aromatic amines is 1. The molecule has 21 rings (SSSR count). The smallest absolute Gasteiger partial charge is 0.182 e. The van der Waals surface area contributed by atoms with Crippen molar-refractivity contribution in [3.8, 4) is 52.4 Å². The van der Waals surface area contributed by atoms with Crippen molar-refractivity contribution in [3.63, 3.8) is 0 Å². The molecule has 0 radical (unpaired) electrons. The molecule has 14 heterocycles. The highest BCUT2D eigenvalue weighted by atomic mass is 35.5. The second-order valence-electron chi connectivity index (χ2n) is 32.0. The molecule has 0 unspecified atom stereocenters. The molecule has 0 saturated carbocycles. The van der Waals surface area contributed by atoms with E-state index in [-0.39, 0.29) is 44.0 Å². The van der Waals surface area contributed by atoms with Crippen molar-refractivity contribution >= 4 is 170 Å². The average Bonchev–Trinajstić information content (AvgIpc) is 1.24. The number of carbonyl (C=O) groups is 1. The van der Waals surface area contributed by atoms with Crippen LogP contribution in [0.25, 0.3) is 111 Å². The van der Waals surface area contributed by atoms with Crippen LogP contribution in [0.4, 0.5) is 23.3 Å². The molecule has 0 saturated heterocycles. The minimum atomic E-state index is -0.259. The van der Waals surface area contributed by atoms with Crippen molar-refractivity contribution in [2.45, 2.75) is 84.7 Å². The molecule has 7 aromatic carbocycles. The number of oxime groups is 1. The van der Waals surface area contributed by atoms with Gasteiger partial charge in [-0.1, -0.05) is 153 Å². The van der Waals surface area contributed by atoms with E-state index < -0.39 is 0 Å². The molecule has 0 fully saturated rings. The van der Waals surface area contributed by atoms with Crippen LogP contribution >= 0.6 is 46.4 Å². The molecule has 0 bridgehead atoms. The van der Waals surface area contributed by atoms with Crippen LogP contribution in [0, 0.1) is 12.3 Å². The van der Waals surface area contributed by atoms with Gasteiger partial charge >= 0.3 is 0 Å². The number of aldehydes is 1. The van der Waals surface area contributed by atoms with Crippen molar-refractivity contribution < 1.29 is 48.6 Å². The Labute approximate surface area is 828 Å². The molecule has 0 aliphatic rings. The number of aromatic nitrogens is 22. The van der Waals surface area contributed by atoms with Gasteiger partial charge in [-0.3, -0.25) is 4.79 Å². The molecule has 14 aromatic heterocycles. The van der Waals surface area contributed by atoms with Gasteiger partial charge in [-0.25, -0.2) is 79.7 Å². The lowest BCUT2D eigenvalue weighted by molar-refractivity contribution is 0.112. The van der Waals surface area contributed by atoms with Crippen LogP contribution in [0.15, 0.2) is 247 Å². The van der Waals surface area contributed by atoms with Gasteiger partial charge < -0.3 is 83.7 Å². The summed E-state index contributed by atoms with van der Waals surface area (Å²) in [6.07, 6.45) is 19.4. The zero-order valence-corrected chi connectivity index (χ0v) is 79.8. The fourth-order valence-corrected chi connectivity index (χ4v) is 16.9. The maximum absolute atomic E-state index is 11.7. The first-order valence-electron chi connectivity index (χ1n) is 44.0. The minimum Gasteiger partial charge on any atom is -0.497 e. The molecule has 21 aromatic rings. The summed E-state index contributed by atoms with van der Waals surface area (Å²) in [4.78, 5) is 86.6. The Bertz CT molecular complexity index is 8180.